The summed E-state index contributed by atoms with van der Waals surface area (Å²) in [6.07, 6.45) is 6.53. The zero-order valence-electron chi connectivity index (χ0n) is 15.7. The number of carbonyl (C=O) groups is 1. The average Bonchev–Trinajstić information content (AvgIpc) is 2.62. The summed E-state index contributed by atoms with van der Waals surface area (Å²) in [6, 6.07) is 4.88. The van der Waals surface area contributed by atoms with Crippen molar-refractivity contribution in [1.29, 1.82) is 0 Å². The van der Waals surface area contributed by atoms with Crippen molar-refractivity contribution in [2.24, 2.45) is 0 Å². The van der Waals surface area contributed by atoms with E-state index in [1.54, 1.807) is 0 Å². The van der Waals surface area contributed by atoms with Crippen LogP contribution in [0.4, 0.5) is 5.69 Å². The van der Waals surface area contributed by atoms with Crippen LogP contribution in [0.25, 0.3) is 0 Å². The van der Waals surface area contributed by atoms with Gasteiger partial charge in [-0.2, -0.15) is 0 Å². The lowest BCUT2D eigenvalue weighted by Gasteiger charge is -2.30. The van der Waals surface area contributed by atoms with E-state index in [2.05, 4.69) is 17.3 Å². The van der Waals surface area contributed by atoms with Crippen molar-refractivity contribution in [2.75, 3.05) is 33.0 Å². The van der Waals surface area contributed by atoms with Crippen molar-refractivity contribution in [3.63, 3.8) is 0 Å². The maximum Gasteiger partial charge on any atom is 0.242 e. The number of sulfonamides is 1. The first-order valence-corrected chi connectivity index (χ1v) is 10.8. The van der Waals surface area contributed by atoms with Crippen molar-refractivity contribution in [1.82, 2.24) is 9.21 Å². The van der Waals surface area contributed by atoms with Crippen LogP contribution in [0.3, 0.4) is 0 Å². The Labute approximate surface area is 161 Å². The molecule has 0 radical (unpaired) electrons. The Morgan fingerprint density at radius 2 is 1.85 bits per heavy atom. The van der Waals surface area contributed by atoms with E-state index in [1.807, 2.05) is 0 Å². The molecule has 1 N–H and O–H groups in total. The van der Waals surface area contributed by atoms with Crippen LogP contribution in [0, 0.1) is 0 Å². The van der Waals surface area contributed by atoms with Crippen molar-refractivity contribution >= 4 is 33.2 Å². The van der Waals surface area contributed by atoms with Gasteiger partial charge in [-0.3, -0.25) is 4.79 Å². The van der Waals surface area contributed by atoms with Crippen LogP contribution in [0.15, 0.2) is 23.1 Å². The van der Waals surface area contributed by atoms with Gasteiger partial charge in [-0.25, -0.2) is 12.7 Å². The summed E-state index contributed by atoms with van der Waals surface area (Å²) in [5, 5.41) is 3.06. The highest BCUT2D eigenvalue weighted by atomic mass is 35.5. The summed E-state index contributed by atoms with van der Waals surface area (Å²) in [6.45, 7) is 0.670. The first-order chi connectivity index (χ1) is 12.2. The molecule has 1 fully saturated rings. The summed E-state index contributed by atoms with van der Waals surface area (Å²) in [5.74, 6) is -0.172. The van der Waals surface area contributed by atoms with E-state index < -0.39 is 10.0 Å². The molecule has 6 nitrogen and oxygen atoms in total. The Balaban J connectivity index is 1.98. The van der Waals surface area contributed by atoms with Gasteiger partial charge in [0.25, 0.3) is 0 Å². The number of benzene rings is 1. The molecule has 1 saturated carbocycles. The molecule has 1 amide bonds. The molecule has 0 saturated heterocycles. The van der Waals surface area contributed by atoms with Crippen molar-refractivity contribution in [3.8, 4) is 0 Å². The lowest BCUT2D eigenvalue weighted by atomic mass is 9.94. The normalized spacial score (nSPS) is 16.2. The van der Waals surface area contributed by atoms with Gasteiger partial charge in [-0.1, -0.05) is 30.9 Å². The predicted octanol–water partition coefficient (Wildman–Crippen LogP) is 3.18. The molecule has 1 aliphatic carbocycles. The summed E-state index contributed by atoms with van der Waals surface area (Å²) in [7, 11) is 1.40. The van der Waals surface area contributed by atoms with Crippen LogP contribution in [0.5, 0.6) is 0 Å². The number of carbonyl (C=O) groups excluding carboxylic acids is 1. The second-order valence-corrected chi connectivity index (χ2v) is 9.56. The van der Waals surface area contributed by atoms with Crippen LogP contribution in [0.1, 0.15) is 38.5 Å². The van der Waals surface area contributed by atoms with E-state index in [1.165, 1.54) is 64.4 Å². The third-order valence-electron chi connectivity index (χ3n) is 4.88. The van der Waals surface area contributed by atoms with E-state index >= 15 is 0 Å². The molecule has 0 bridgehead atoms. The minimum absolute atomic E-state index is 0.0986. The number of rotatable bonds is 7. The largest absolute Gasteiger partial charge is 0.325 e. The number of hydrogen-bond donors (Lipinski definition) is 1. The molecule has 8 heteroatoms. The summed E-state index contributed by atoms with van der Waals surface area (Å²) in [5.41, 5.74) is 0.319. The van der Waals surface area contributed by atoms with Gasteiger partial charge >= 0.3 is 0 Å². The van der Waals surface area contributed by atoms with Gasteiger partial charge in [-0.05, 0) is 38.1 Å². The second kappa shape index (κ2) is 9.17. The number of halogens is 1. The van der Waals surface area contributed by atoms with Gasteiger partial charge in [0.1, 0.15) is 0 Å². The molecule has 2 rings (SSSR count). The van der Waals surface area contributed by atoms with Crippen LogP contribution in [-0.4, -0.2) is 57.3 Å². The summed E-state index contributed by atoms with van der Waals surface area (Å²) >= 11 is 6.12. The van der Waals surface area contributed by atoms with Crippen molar-refractivity contribution < 1.29 is 13.2 Å². The van der Waals surface area contributed by atoms with Crippen LogP contribution < -0.4 is 5.32 Å². The van der Waals surface area contributed by atoms with Gasteiger partial charge < -0.3 is 10.2 Å². The van der Waals surface area contributed by atoms with Gasteiger partial charge in [0.2, 0.25) is 15.9 Å². The first kappa shape index (κ1) is 21.2. The van der Waals surface area contributed by atoms with Crippen LogP contribution in [-0.2, 0) is 14.8 Å². The topological polar surface area (TPSA) is 69.7 Å². The Bertz CT molecular complexity index is 731. The predicted molar refractivity (Wildman–Crippen MR) is 105 cm³/mol. The van der Waals surface area contributed by atoms with Gasteiger partial charge in [0.05, 0.1) is 15.6 Å². The average molecular weight is 402 g/mol. The number of anilines is 1. The molecule has 0 aromatic heterocycles. The first-order valence-electron chi connectivity index (χ1n) is 8.94. The molecule has 1 aliphatic rings. The fourth-order valence-electron chi connectivity index (χ4n) is 3.17. The van der Waals surface area contributed by atoms with E-state index in [0.717, 1.165) is 4.31 Å². The fourth-order valence-corrected chi connectivity index (χ4v) is 4.26. The zero-order valence-corrected chi connectivity index (χ0v) is 17.2. The quantitative estimate of drug-likeness (QED) is 0.761. The minimum Gasteiger partial charge on any atom is -0.325 e. The van der Waals surface area contributed by atoms with Gasteiger partial charge in [-0.15, -0.1) is 0 Å². The highest BCUT2D eigenvalue weighted by Gasteiger charge is 2.20. The zero-order chi connectivity index (χ0) is 19.3. The number of hydrogen-bond acceptors (Lipinski definition) is 4. The van der Waals surface area contributed by atoms with Crippen molar-refractivity contribution in [3.05, 3.63) is 23.2 Å². The fraction of sp³-hybridized carbons (Fsp3) is 0.611. The molecular weight excluding hydrogens is 374 g/mol. The Kier molecular flexibility index (Phi) is 7.46. The lowest BCUT2D eigenvalue weighted by molar-refractivity contribution is -0.116. The molecule has 0 aliphatic heterocycles. The SMILES string of the molecule is CN(CCC(=O)Nc1cc(S(=O)(=O)N(C)C)ccc1Cl)C1CCCCC1. The standard InChI is InChI=1S/C18H28ClN3O3S/c1-21(2)26(24,25)15-9-10-16(19)17(13-15)20-18(23)11-12-22(3)14-7-5-4-6-8-14/h9-10,13-14H,4-8,11-12H2,1-3H3,(H,20,23). The van der Waals surface area contributed by atoms with E-state index in [4.69, 9.17) is 11.6 Å². The lowest BCUT2D eigenvalue weighted by Crippen LogP contribution is -2.35. The van der Waals surface area contributed by atoms with Crippen molar-refractivity contribution in [2.45, 2.75) is 49.5 Å². The van der Waals surface area contributed by atoms with E-state index in [-0.39, 0.29) is 10.8 Å². The Hall–Kier alpha value is -1.15. The molecule has 26 heavy (non-hydrogen) atoms. The molecule has 0 unspecified atom stereocenters. The Morgan fingerprint density at radius 3 is 2.46 bits per heavy atom. The van der Waals surface area contributed by atoms with Gasteiger partial charge in [0, 0.05) is 33.1 Å². The number of nitrogens with one attached hydrogen (secondary N) is 1. The highest BCUT2D eigenvalue weighted by molar-refractivity contribution is 7.89. The molecule has 0 spiro atoms. The molecular formula is C18H28ClN3O3S. The van der Waals surface area contributed by atoms with Crippen LogP contribution in [0.2, 0.25) is 5.02 Å². The minimum atomic E-state index is -3.58. The third kappa shape index (κ3) is 5.42. The molecule has 0 heterocycles. The number of amides is 1. The van der Waals surface area contributed by atoms with E-state index in [9.17, 15) is 13.2 Å². The monoisotopic (exact) mass is 401 g/mol. The van der Waals surface area contributed by atoms with Gasteiger partial charge in [0.15, 0.2) is 0 Å². The third-order valence-corrected chi connectivity index (χ3v) is 7.02. The second-order valence-electron chi connectivity index (χ2n) is 7.00. The Morgan fingerprint density at radius 1 is 1.19 bits per heavy atom. The highest BCUT2D eigenvalue weighted by Crippen LogP contribution is 2.27. The molecule has 1 aromatic rings. The van der Waals surface area contributed by atoms with Crippen LogP contribution >= 0.6 is 11.6 Å². The molecule has 1 aromatic carbocycles. The summed E-state index contributed by atoms with van der Waals surface area (Å²) < 4.78 is 25.6. The maximum atomic E-state index is 12.3. The molecule has 146 valence electrons. The maximum absolute atomic E-state index is 12.3. The summed E-state index contributed by atoms with van der Waals surface area (Å²) in [4.78, 5) is 14.6. The smallest absolute Gasteiger partial charge is 0.242 e. The van der Waals surface area contributed by atoms with E-state index in [0.29, 0.717) is 29.7 Å². The molecule has 0 atom stereocenters. The number of nitrogens with zero attached hydrogens (tertiary/aromatic N) is 2.